The van der Waals surface area contributed by atoms with E-state index >= 15 is 0 Å². The second-order valence-corrected chi connectivity index (χ2v) is 5.18. The molecular weight excluding hydrogens is 250 g/mol. The fourth-order valence-corrected chi connectivity index (χ4v) is 2.54. The van der Waals surface area contributed by atoms with Gasteiger partial charge in [-0.25, -0.2) is 0 Å². The van der Waals surface area contributed by atoms with Crippen LogP contribution in [0.25, 0.3) is 11.3 Å². The second-order valence-electron chi connectivity index (χ2n) is 5.18. The van der Waals surface area contributed by atoms with E-state index in [4.69, 9.17) is 0 Å². The van der Waals surface area contributed by atoms with Gasteiger partial charge in [-0.05, 0) is 36.8 Å². The zero-order chi connectivity index (χ0) is 13.9. The van der Waals surface area contributed by atoms with Gasteiger partial charge in [0, 0.05) is 43.1 Å². The number of piperazine rings is 1. The summed E-state index contributed by atoms with van der Waals surface area (Å²) in [5.41, 5.74) is 3.99. The van der Waals surface area contributed by atoms with Crippen LogP contribution in [0.5, 0.6) is 0 Å². The van der Waals surface area contributed by atoms with Gasteiger partial charge in [-0.1, -0.05) is 12.1 Å². The van der Waals surface area contributed by atoms with Gasteiger partial charge in [0.25, 0.3) is 5.91 Å². The predicted octanol–water partition coefficient (Wildman–Crippen LogP) is 2.04. The predicted molar refractivity (Wildman–Crippen MR) is 79.7 cm³/mol. The van der Waals surface area contributed by atoms with Crippen molar-refractivity contribution in [2.45, 2.75) is 6.92 Å². The standard InChI is InChI=1S/C16H19N3O/c1-12-5-6-15(18-12)13-3-2-4-14(11-13)16(20)19-9-7-17-8-10-19/h2-6,11,17-18H,7-10H2,1H3. The first-order chi connectivity index (χ1) is 9.74. The summed E-state index contributed by atoms with van der Waals surface area (Å²) in [5.74, 6) is 0.122. The Morgan fingerprint density at radius 2 is 1.95 bits per heavy atom. The van der Waals surface area contributed by atoms with Crippen LogP contribution >= 0.6 is 0 Å². The molecule has 20 heavy (non-hydrogen) atoms. The molecule has 1 aromatic carbocycles. The minimum Gasteiger partial charge on any atom is -0.359 e. The summed E-state index contributed by atoms with van der Waals surface area (Å²) in [4.78, 5) is 17.7. The number of rotatable bonds is 2. The molecule has 2 aromatic rings. The first-order valence-electron chi connectivity index (χ1n) is 7.00. The van der Waals surface area contributed by atoms with Gasteiger partial charge in [0.2, 0.25) is 0 Å². The van der Waals surface area contributed by atoms with Crippen molar-refractivity contribution in [1.29, 1.82) is 0 Å². The van der Waals surface area contributed by atoms with E-state index in [1.807, 2.05) is 48.2 Å². The van der Waals surface area contributed by atoms with E-state index in [1.165, 1.54) is 0 Å². The van der Waals surface area contributed by atoms with Gasteiger partial charge in [0.15, 0.2) is 0 Å². The van der Waals surface area contributed by atoms with Gasteiger partial charge in [-0.2, -0.15) is 0 Å². The molecule has 0 aliphatic carbocycles. The van der Waals surface area contributed by atoms with Crippen molar-refractivity contribution in [2.24, 2.45) is 0 Å². The molecule has 1 aliphatic heterocycles. The van der Waals surface area contributed by atoms with Crippen LogP contribution in [0, 0.1) is 6.92 Å². The highest BCUT2D eigenvalue weighted by Gasteiger charge is 2.18. The maximum absolute atomic E-state index is 12.5. The van der Waals surface area contributed by atoms with Gasteiger partial charge in [0.1, 0.15) is 0 Å². The fraction of sp³-hybridized carbons (Fsp3) is 0.312. The minimum atomic E-state index is 0.122. The first-order valence-corrected chi connectivity index (χ1v) is 7.00. The number of aromatic amines is 1. The lowest BCUT2D eigenvalue weighted by Crippen LogP contribution is -2.46. The molecule has 1 fully saturated rings. The van der Waals surface area contributed by atoms with E-state index in [1.54, 1.807) is 0 Å². The maximum Gasteiger partial charge on any atom is 0.253 e. The average Bonchev–Trinajstić information content (AvgIpc) is 2.94. The third kappa shape index (κ3) is 2.60. The van der Waals surface area contributed by atoms with Crippen LogP contribution in [0.3, 0.4) is 0 Å². The van der Waals surface area contributed by atoms with Gasteiger partial charge >= 0.3 is 0 Å². The summed E-state index contributed by atoms with van der Waals surface area (Å²) >= 11 is 0. The Balaban J connectivity index is 1.85. The van der Waals surface area contributed by atoms with Crippen molar-refractivity contribution >= 4 is 5.91 Å². The number of carbonyl (C=O) groups excluding carboxylic acids is 1. The van der Waals surface area contributed by atoms with Crippen LogP contribution in [0.1, 0.15) is 16.1 Å². The van der Waals surface area contributed by atoms with Crippen molar-refractivity contribution in [3.63, 3.8) is 0 Å². The van der Waals surface area contributed by atoms with Gasteiger partial charge in [-0.15, -0.1) is 0 Å². The molecule has 1 aromatic heterocycles. The molecule has 1 amide bonds. The lowest BCUT2D eigenvalue weighted by atomic mass is 10.1. The SMILES string of the molecule is Cc1ccc(-c2cccc(C(=O)N3CCNCC3)c2)[nH]1. The van der Waals surface area contributed by atoms with E-state index in [2.05, 4.69) is 10.3 Å². The van der Waals surface area contributed by atoms with Crippen LogP contribution in [0.2, 0.25) is 0 Å². The number of hydrogen-bond donors (Lipinski definition) is 2. The van der Waals surface area contributed by atoms with E-state index in [0.717, 1.165) is 48.7 Å². The summed E-state index contributed by atoms with van der Waals surface area (Å²) in [7, 11) is 0. The van der Waals surface area contributed by atoms with Gasteiger partial charge in [0.05, 0.1) is 0 Å². The third-order valence-corrected chi connectivity index (χ3v) is 3.66. The van der Waals surface area contributed by atoms with Crippen LogP contribution < -0.4 is 5.32 Å². The van der Waals surface area contributed by atoms with Gasteiger partial charge < -0.3 is 15.2 Å². The second kappa shape index (κ2) is 5.51. The quantitative estimate of drug-likeness (QED) is 0.876. The van der Waals surface area contributed by atoms with Crippen LogP contribution in [-0.2, 0) is 0 Å². The Labute approximate surface area is 118 Å². The molecule has 3 rings (SSSR count). The zero-order valence-corrected chi connectivity index (χ0v) is 11.6. The molecule has 0 atom stereocenters. The molecule has 2 heterocycles. The summed E-state index contributed by atoms with van der Waals surface area (Å²) in [5, 5.41) is 3.26. The third-order valence-electron chi connectivity index (χ3n) is 3.66. The number of aryl methyl sites for hydroxylation is 1. The smallest absolute Gasteiger partial charge is 0.253 e. The molecule has 1 aliphatic rings. The van der Waals surface area contributed by atoms with Crippen molar-refractivity contribution in [3.8, 4) is 11.3 Å². The summed E-state index contributed by atoms with van der Waals surface area (Å²) in [6.45, 7) is 5.34. The Bertz CT molecular complexity index is 612. The zero-order valence-electron chi connectivity index (χ0n) is 11.6. The van der Waals surface area contributed by atoms with E-state index < -0.39 is 0 Å². The lowest BCUT2D eigenvalue weighted by Gasteiger charge is -2.27. The Hall–Kier alpha value is -2.07. The van der Waals surface area contributed by atoms with Crippen molar-refractivity contribution in [1.82, 2.24) is 15.2 Å². The number of benzene rings is 1. The van der Waals surface area contributed by atoms with Crippen LogP contribution in [0.4, 0.5) is 0 Å². The number of amides is 1. The summed E-state index contributed by atoms with van der Waals surface area (Å²) < 4.78 is 0. The highest BCUT2D eigenvalue weighted by Crippen LogP contribution is 2.20. The Morgan fingerprint density at radius 3 is 2.65 bits per heavy atom. The molecular formula is C16H19N3O. The Kier molecular flexibility index (Phi) is 3.56. The Morgan fingerprint density at radius 1 is 1.15 bits per heavy atom. The molecule has 4 heteroatoms. The monoisotopic (exact) mass is 269 g/mol. The average molecular weight is 269 g/mol. The summed E-state index contributed by atoms with van der Waals surface area (Å²) in [6.07, 6.45) is 0. The number of H-pyrrole nitrogens is 1. The largest absolute Gasteiger partial charge is 0.359 e. The number of carbonyl (C=O) groups is 1. The maximum atomic E-state index is 12.5. The van der Waals surface area contributed by atoms with Crippen molar-refractivity contribution < 1.29 is 4.79 Å². The number of hydrogen-bond acceptors (Lipinski definition) is 2. The lowest BCUT2D eigenvalue weighted by molar-refractivity contribution is 0.0736. The molecule has 0 spiro atoms. The minimum absolute atomic E-state index is 0.122. The van der Waals surface area contributed by atoms with Gasteiger partial charge in [-0.3, -0.25) is 4.79 Å². The molecule has 104 valence electrons. The molecule has 0 radical (unpaired) electrons. The topological polar surface area (TPSA) is 48.1 Å². The molecule has 0 unspecified atom stereocenters. The molecule has 4 nitrogen and oxygen atoms in total. The van der Waals surface area contributed by atoms with E-state index in [-0.39, 0.29) is 5.91 Å². The van der Waals surface area contributed by atoms with Crippen molar-refractivity contribution in [3.05, 3.63) is 47.7 Å². The molecule has 0 bridgehead atoms. The fourth-order valence-electron chi connectivity index (χ4n) is 2.54. The van der Waals surface area contributed by atoms with E-state index in [0.29, 0.717) is 0 Å². The van der Waals surface area contributed by atoms with Crippen LogP contribution in [-0.4, -0.2) is 42.0 Å². The first kappa shape index (κ1) is 12.9. The number of aromatic nitrogens is 1. The summed E-state index contributed by atoms with van der Waals surface area (Å²) in [6, 6.07) is 11.9. The van der Waals surface area contributed by atoms with Crippen molar-refractivity contribution in [2.75, 3.05) is 26.2 Å². The molecule has 1 saturated heterocycles. The normalized spacial score (nSPS) is 15.3. The van der Waals surface area contributed by atoms with E-state index in [9.17, 15) is 4.79 Å². The molecule has 0 saturated carbocycles. The number of nitrogens with zero attached hydrogens (tertiary/aromatic N) is 1. The highest BCUT2D eigenvalue weighted by molar-refractivity contribution is 5.95. The highest BCUT2D eigenvalue weighted by atomic mass is 16.2. The van der Waals surface area contributed by atoms with Crippen LogP contribution in [0.15, 0.2) is 36.4 Å². The molecule has 2 N–H and O–H groups in total. The number of nitrogens with one attached hydrogen (secondary N) is 2.